The summed E-state index contributed by atoms with van der Waals surface area (Å²) in [5, 5.41) is 20.3. The molecule has 0 atom stereocenters. The molecule has 0 bridgehead atoms. The summed E-state index contributed by atoms with van der Waals surface area (Å²) in [4.78, 5) is 0. The minimum atomic E-state index is 0.0674. The van der Waals surface area contributed by atoms with Gasteiger partial charge >= 0.3 is 0 Å². The second-order valence-electron chi connectivity index (χ2n) is 4.14. The van der Waals surface area contributed by atoms with Crippen molar-refractivity contribution in [1.29, 1.82) is 0 Å². The van der Waals surface area contributed by atoms with Gasteiger partial charge in [0.1, 0.15) is 11.5 Å². The summed E-state index contributed by atoms with van der Waals surface area (Å²) in [5.74, 6) is 0.256. The molecule has 2 N–H and O–H groups in total. The first kappa shape index (κ1) is 11.8. The van der Waals surface area contributed by atoms with Crippen molar-refractivity contribution in [2.75, 3.05) is 0 Å². The Labute approximate surface area is 105 Å². The monoisotopic (exact) mass is 248 g/mol. The van der Waals surface area contributed by atoms with Crippen LogP contribution in [0.1, 0.15) is 11.1 Å². The van der Waals surface area contributed by atoms with Crippen LogP contribution in [-0.4, -0.2) is 10.2 Å². The van der Waals surface area contributed by atoms with E-state index in [9.17, 15) is 10.2 Å². The molecule has 17 heavy (non-hydrogen) atoms. The van der Waals surface area contributed by atoms with Gasteiger partial charge in [0.05, 0.1) is 0 Å². The molecule has 0 aliphatic rings. The number of rotatable bonds is 1. The molecule has 88 valence electrons. The van der Waals surface area contributed by atoms with Gasteiger partial charge in [-0.15, -0.1) is 0 Å². The summed E-state index contributed by atoms with van der Waals surface area (Å²) in [7, 11) is 0. The third-order valence-corrected chi connectivity index (χ3v) is 2.93. The third kappa shape index (κ3) is 2.22. The van der Waals surface area contributed by atoms with Gasteiger partial charge in [-0.3, -0.25) is 0 Å². The molecule has 0 heterocycles. The number of aryl methyl sites for hydroxylation is 2. The highest BCUT2D eigenvalue weighted by Gasteiger charge is 2.11. The van der Waals surface area contributed by atoms with Gasteiger partial charge in [-0.25, -0.2) is 0 Å². The first-order valence-corrected chi connectivity index (χ1v) is 5.66. The molecule has 0 saturated carbocycles. The van der Waals surface area contributed by atoms with Gasteiger partial charge in [0.2, 0.25) is 0 Å². The van der Waals surface area contributed by atoms with Crippen LogP contribution in [0.25, 0.3) is 11.1 Å². The summed E-state index contributed by atoms with van der Waals surface area (Å²) in [5.41, 5.74) is 3.02. The summed E-state index contributed by atoms with van der Waals surface area (Å²) in [6, 6.07) is 8.59. The number of phenols is 2. The predicted octanol–water partition coefficient (Wildman–Crippen LogP) is 4.04. The lowest BCUT2D eigenvalue weighted by Crippen LogP contribution is -1.86. The first-order chi connectivity index (χ1) is 7.99. The van der Waals surface area contributed by atoms with E-state index in [1.54, 1.807) is 12.1 Å². The van der Waals surface area contributed by atoms with E-state index in [1.807, 2.05) is 26.0 Å². The quantitative estimate of drug-likeness (QED) is 0.800. The fourth-order valence-corrected chi connectivity index (χ4v) is 2.06. The van der Waals surface area contributed by atoms with E-state index in [-0.39, 0.29) is 11.5 Å². The van der Waals surface area contributed by atoms with Crippen LogP contribution >= 0.6 is 11.6 Å². The molecule has 2 nitrogen and oxygen atoms in total. The molecule has 0 aromatic heterocycles. The van der Waals surface area contributed by atoms with E-state index in [0.717, 1.165) is 11.1 Å². The van der Waals surface area contributed by atoms with Crippen LogP contribution in [0.15, 0.2) is 30.3 Å². The molecule has 0 fully saturated rings. The van der Waals surface area contributed by atoms with Crippen LogP contribution in [-0.2, 0) is 0 Å². The predicted molar refractivity (Wildman–Crippen MR) is 69.7 cm³/mol. The maximum absolute atomic E-state index is 10.0. The van der Waals surface area contributed by atoms with Crippen molar-refractivity contribution in [1.82, 2.24) is 0 Å². The van der Waals surface area contributed by atoms with E-state index >= 15 is 0 Å². The minimum absolute atomic E-state index is 0.0674. The molecule has 0 spiro atoms. The Morgan fingerprint density at radius 1 is 0.941 bits per heavy atom. The standard InChI is InChI=1S/C14H13ClO2/c1-8-5-9(2)14(17)12(6-8)11-4-3-10(15)7-13(11)16/h3-7,16-17H,1-2H3. The molecule has 0 radical (unpaired) electrons. The lowest BCUT2D eigenvalue weighted by Gasteiger charge is -2.11. The molecular formula is C14H13ClO2. The molecule has 3 heteroatoms. The summed E-state index contributed by atoms with van der Waals surface area (Å²) in [6.07, 6.45) is 0. The SMILES string of the molecule is Cc1cc(C)c(O)c(-c2ccc(Cl)cc2O)c1. The zero-order valence-corrected chi connectivity index (χ0v) is 10.4. The van der Waals surface area contributed by atoms with Gasteiger partial charge in [-0.05, 0) is 49.2 Å². The Kier molecular flexibility index (Phi) is 2.99. The Bertz CT molecular complexity index is 577. The fraction of sp³-hybridized carbons (Fsp3) is 0.143. The van der Waals surface area contributed by atoms with Crippen LogP contribution in [0, 0.1) is 13.8 Å². The van der Waals surface area contributed by atoms with Gasteiger partial charge in [0.15, 0.2) is 0 Å². The number of halogens is 1. The van der Waals surface area contributed by atoms with Gasteiger partial charge in [0.25, 0.3) is 0 Å². The highest BCUT2D eigenvalue weighted by Crippen LogP contribution is 2.38. The fourth-order valence-electron chi connectivity index (χ4n) is 1.90. The van der Waals surface area contributed by atoms with E-state index in [2.05, 4.69) is 0 Å². The van der Waals surface area contributed by atoms with Crippen molar-refractivity contribution >= 4 is 11.6 Å². The smallest absolute Gasteiger partial charge is 0.126 e. The van der Waals surface area contributed by atoms with Crippen molar-refractivity contribution in [3.63, 3.8) is 0 Å². The molecule has 0 unspecified atom stereocenters. The molecular weight excluding hydrogens is 236 g/mol. The van der Waals surface area contributed by atoms with E-state index < -0.39 is 0 Å². The molecule has 0 aliphatic heterocycles. The lowest BCUT2D eigenvalue weighted by atomic mass is 9.98. The summed E-state index contributed by atoms with van der Waals surface area (Å²) >= 11 is 5.78. The minimum Gasteiger partial charge on any atom is -0.507 e. The molecule has 0 amide bonds. The molecule has 2 aromatic rings. The maximum Gasteiger partial charge on any atom is 0.126 e. The summed E-state index contributed by atoms with van der Waals surface area (Å²) < 4.78 is 0. The molecule has 0 saturated heterocycles. The second-order valence-corrected chi connectivity index (χ2v) is 4.58. The average molecular weight is 249 g/mol. The van der Waals surface area contributed by atoms with Crippen molar-refractivity contribution in [3.8, 4) is 22.6 Å². The number of phenolic OH excluding ortho intramolecular Hbond substituents is 2. The molecule has 2 rings (SSSR count). The van der Waals surface area contributed by atoms with Crippen LogP contribution in [0.3, 0.4) is 0 Å². The lowest BCUT2D eigenvalue weighted by molar-refractivity contribution is 0.466. The Morgan fingerprint density at radius 3 is 2.29 bits per heavy atom. The number of aromatic hydroxyl groups is 2. The van der Waals surface area contributed by atoms with E-state index in [1.165, 1.54) is 6.07 Å². The Morgan fingerprint density at radius 2 is 1.65 bits per heavy atom. The highest BCUT2D eigenvalue weighted by atomic mass is 35.5. The van der Waals surface area contributed by atoms with Crippen molar-refractivity contribution in [2.24, 2.45) is 0 Å². The van der Waals surface area contributed by atoms with Crippen LogP contribution in [0.4, 0.5) is 0 Å². The molecule has 2 aromatic carbocycles. The van der Waals surface area contributed by atoms with Crippen LogP contribution < -0.4 is 0 Å². The average Bonchev–Trinajstić information content (AvgIpc) is 2.24. The van der Waals surface area contributed by atoms with Crippen LogP contribution in [0.5, 0.6) is 11.5 Å². The van der Waals surface area contributed by atoms with Crippen LogP contribution in [0.2, 0.25) is 5.02 Å². The number of benzene rings is 2. The topological polar surface area (TPSA) is 40.5 Å². The number of hydrogen-bond acceptors (Lipinski definition) is 2. The number of hydrogen-bond donors (Lipinski definition) is 2. The maximum atomic E-state index is 10.0. The summed E-state index contributed by atoms with van der Waals surface area (Å²) in [6.45, 7) is 3.78. The van der Waals surface area contributed by atoms with E-state index in [4.69, 9.17) is 11.6 Å². The Hall–Kier alpha value is -1.67. The first-order valence-electron chi connectivity index (χ1n) is 5.28. The largest absolute Gasteiger partial charge is 0.507 e. The van der Waals surface area contributed by atoms with Gasteiger partial charge in [-0.2, -0.15) is 0 Å². The third-order valence-electron chi connectivity index (χ3n) is 2.69. The van der Waals surface area contributed by atoms with Crippen molar-refractivity contribution in [3.05, 3.63) is 46.5 Å². The van der Waals surface area contributed by atoms with Gasteiger partial charge in [0, 0.05) is 16.1 Å². The zero-order chi connectivity index (χ0) is 12.6. The highest BCUT2D eigenvalue weighted by molar-refractivity contribution is 6.30. The van der Waals surface area contributed by atoms with Crippen molar-refractivity contribution in [2.45, 2.75) is 13.8 Å². The van der Waals surface area contributed by atoms with Crippen molar-refractivity contribution < 1.29 is 10.2 Å². The zero-order valence-electron chi connectivity index (χ0n) is 9.66. The molecule has 0 aliphatic carbocycles. The van der Waals surface area contributed by atoms with Gasteiger partial charge < -0.3 is 10.2 Å². The van der Waals surface area contributed by atoms with E-state index in [0.29, 0.717) is 16.1 Å². The normalized spacial score (nSPS) is 10.5. The van der Waals surface area contributed by atoms with Gasteiger partial charge in [-0.1, -0.05) is 17.7 Å². The Balaban J connectivity index is 2.68. The second kappa shape index (κ2) is 4.30.